The van der Waals surface area contributed by atoms with E-state index in [0.29, 0.717) is 24.0 Å². The Labute approximate surface area is 160 Å². The van der Waals surface area contributed by atoms with Crippen molar-refractivity contribution in [1.82, 2.24) is 0 Å². The Morgan fingerprint density at radius 2 is 1.89 bits per heavy atom. The molecule has 1 N–H and O–H groups in total. The van der Waals surface area contributed by atoms with Crippen LogP contribution in [-0.4, -0.2) is 34.9 Å². The number of esters is 1. The van der Waals surface area contributed by atoms with Gasteiger partial charge < -0.3 is 9.84 Å². The highest BCUT2D eigenvalue weighted by molar-refractivity contribution is 6.11. The molecule has 3 aliphatic rings. The molecule has 0 aromatic rings. The molecular weight excluding hydrogens is 344 g/mol. The van der Waals surface area contributed by atoms with Crippen molar-refractivity contribution in [2.45, 2.75) is 72.0 Å². The van der Waals surface area contributed by atoms with Crippen LogP contribution in [0, 0.1) is 22.7 Å². The minimum absolute atomic E-state index is 0.0910. The van der Waals surface area contributed by atoms with E-state index in [0.717, 1.165) is 12.8 Å². The number of hydrogen-bond acceptors (Lipinski definition) is 5. The lowest BCUT2D eigenvalue weighted by Crippen LogP contribution is -2.52. The topological polar surface area (TPSA) is 80.7 Å². The van der Waals surface area contributed by atoms with Crippen LogP contribution in [0.25, 0.3) is 0 Å². The molecule has 0 saturated heterocycles. The first-order valence-electron chi connectivity index (χ1n) is 9.82. The quantitative estimate of drug-likeness (QED) is 0.563. The average Bonchev–Trinajstić information content (AvgIpc) is 2.84. The monoisotopic (exact) mass is 374 g/mol. The number of ketones is 2. The Bertz CT molecular complexity index is 731. The molecule has 0 aromatic heterocycles. The van der Waals surface area contributed by atoms with Gasteiger partial charge in [-0.3, -0.25) is 14.4 Å². The summed E-state index contributed by atoms with van der Waals surface area (Å²) in [4.78, 5) is 37.9. The van der Waals surface area contributed by atoms with E-state index in [1.165, 1.54) is 6.92 Å². The Balaban J connectivity index is 2.11. The molecule has 0 unspecified atom stereocenters. The van der Waals surface area contributed by atoms with Crippen molar-refractivity contribution >= 4 is 17.5 Å². The van der Waals surface area contributed by atoms with Gasteiger partial charge >= 0.3 is 5.97 Å². The minimum Gasteiger partial charge on any atom is -0.454 e. The summed E-state index contributed by atoms with van der Waals surface area (Å²) in [6.07, 6.45) is 3.03. The summed E-state index contributed by atoms with van der Waals surface area (Å²) >= 11 is 0. The van der Waals surface area contributed by atoms with Crippen LogP contribution in [0.2, 0.25) is 0 Å². The summed E-state index contributed by atoms with van der Waals surface area (Å²) < 4.78 is 5.45. The number of carbonyl (C=O) groups excluding carboxylic acids is 3. The van der Waals surface area contributed by atoms with Crippen LogP contribution in [0.4, 0.5) is 0 Å². The Hall–Kier alpha value is -1.75. The Kier molecular flexibility index (Phi) is 4.96. The lowest BCUT2D eigenvalue weighted by Gasteiger charge is -2.51. The molecule has 0 amide bonds. The minimum atomic E-state index is -0.904. The maximum absolute atomic E-state index is 13.6. The van der Waals surface area contributed by atoms with Crippen molar-refractivity contribution in [3.8, 4) is 0 Å². The third kappa shape index (κ3) is 3.31. The highest BCUT2D eigenvalue weighted by atomic mass is 16.5. The molecule has 27 heavy (non-hydrogen) atoms. The molecule has 0 spiro atoms. The molecule has 1 saturated carbocycles. The molecule has 2 bridgehead atoms. The van der Waals surface area contributed by atoms with Gasteiger partial charge in [0.2, 0.25) is 0 Å². The first kappa shape index (κ1) is 20.0. The van der Waals surface area contributed by atoms with E-state index in [1.54, 1.807) is 6.08 Å². The van der Waals surface area contributed by atoms with Crippen molar-refractivity contribution in [2.24, 2.45) is 22.7 Å². The predicted molar refractivity (Wildman–Crippen MR) is 101 cm³/mol. The molecule has 5 atom stereocenters. The van der Waals surface area contributed by atoms with Gasteiger partial charge in [-0.25, -0.2) is 0 Å². The lowest BCUT2D eigenvalue weighted by molar-refractivity contribution is -0.163. The van der Waals surface area contributed by atoms with Crippen LogP contribution in [0.15, 0.2) is 23.8 Å². The van der Waals surface area contributed by atoms with Crippen molar-refractivity contribution in [1.29, 1.82) is 0 Å². The fourth-order valence-electron chi connectivity index (χ4n) is 5.57. The highest BCUT2D eigenvalue weighted by Crippen LogP contribution is 2.55. The van der Waals surface area contributed by atoms with Crippen LogP contribution in [0.3, 0.4) is 0 Å². The Morgan fingerprint density at radius 1 is 1.22 bits per heavy atom. The van der Waals surface area contributed by atoms with Crippen LogP contribution in [0.5, 0.6) is 0 Å². The van der Waals surface area contributed by atoms with Crippen LogP contribution in [-0.2, 0) is 19.1 Å². The Morgan fingerprint density at radius 3 is 2.52 bits per heavy atom. The molecule has 0 aromatic carbocycles. The smallest absolute Gasteiger partial charge is 0.303 e. The molecule has 5 nitrogen and oxygen atoms in total. The zero-order valence-electron chi connectivity index (χ0n) is 16.7. The largest absolute Gasteiger partial charge is 0.454 e. The van der Waals surface area contributed by atoms with Gasteiger partial charge in [0.25, 0.3) is 0 Å². The number of allylic oxidation sites excluding steroid dienone is 2. The van der Waals surface area contributed by atoms with Gasteiger partial charge in [-0.05, 0) is 36.2 Å². The third-order valence-corrected chi connectivity index (χ3v) is 7.06. The van der Waals surface area contributed by atoms with Gasteiger partial charge in [0.15, 0.2) is 17.7 Å². The van der Waals surface area contributed by atoms with E-state index in [4.69, 9.17) is 4.74 Å². The maximum Gasteiger partial charge on any atom is 0.303 e. The summed E-state index contributed by atoms with van der Waals surface area (Å²) in [7, 11) is 0. The van der Waals surface area contributed by atoms with E-state index in [1.807, 2.05) is 6.92 Å². The van der Waals surface area contributed by atoms with Crippen LogP contribution in [0.1, 0.15) is 59.8 Å². The van der Waals surface area contributed by atoms with Gasteiger partial charge in [-0.2, -0.15) is 0 Å². The van der Waals surface area contributed by atoms with E-state index in [9.17, 15) is 19.5 Å². The molecule has 5 heteroatoms. The maximum atomic E-state index is 13.6. The van der Waals surface area contributed by atoms with E-state index in [2.05, 4.69) is 20.4 Å². The fourth-order valence-corrected chi connectivity index (χ4v) is 5.57. The van der Waals surface area contributed by atoms with Gasteiger partial charge in [0, 0.05) is 30.3 Å². The normalized spacial score (nSPS) is 38.9. The van der Waals surface area contributed by atoms with Crippen LogP contribution < -0.4 is 0 Å². The second kappa shape index (κ2) is 6.69. The molecule has 148 valence electrons. The number of rotatable bonds is 1. The predicted octanol–water partition coefficient (Wildman–Crippen LogP) is 3.16. The SMILES string of the molecule is C=C1C(=O)C2=C[C@H]1C[C@H](OC(C)=O)C(=O)[C@]1(C)CCCC(C)(C)[C@H]1C[C@H]2O. The zero-order chi connectivity index (χ0) is 20.1. The number of carbonyl (C=O) groups is 3. The van der Waals surface area contributed by atoms with Gasteiger partial charge in [0.05, 0.1) is 6.10 Å². The summed E-state index contributed by atoms with van der Waals surface area (Å²) in [6, 6.07) is 0. The number of aliphatic hydroxyl groups is 1. The first-order chi connectivity index (χ1) is 12.5. The van der Waals surface area contributed by atoms with Gasteiger partial charge in [-0.1, -0.05) is 39.8 Å². The van der Waals surface area contributed by atoms with Gasteiger partial charge in [-0.15, -0.1) is 0 Å². The number of ether oxygens (including phenoxy) is 1. The number of Topliss-reactive ketones (excluding diaryl/α,β-unsaturated/α-hetero) is 2. The van der Waals surface area contributed by atoms with Crippen molar-refractivity contribution in [2.75, 3.05) is 0 Å². The molecule has 3 aliphatic carbocycles. The zero-order valence-corrected chi connectivity index (χ0v) is 16.7. The summed E-state index contributed by atoms with van der Waals surface area (Å²) in [5.41, 5.74) is -0.125. The third-order valence-electron chi connectivity index (χ3n) is 7.06. The van der Waals surface area contributed by atoms with Gasteiger partial charge in [0.1, 0.15) is 0 Å². The molecular formula is C22H30O5. The second-order valence-electron chi connectivity index (χ2n) is 9.34. The van der Waals surface area contributed by atoms with E-state index >= 15 is 0 Å². The fraction of sp³-hybridized carbons (Fsp3) is 0.682. The molecule has 1 fully saturated rings. The number of fused-ring (bicyclic) bond motifs is 2. The summed E-state index contributed by atoms with van der Waals surface area (Å²) in [5.74, 6) is -1.32. The van der Waals surface area contributed by atoms with E-state index < -0.39 is 23.6 Å². The summed E-state index contributed by atoms with van der Waals surface area (Å²) in [6.45, 7) is 11.4. The lowest BCUT2D eigenvalue weighted by atomic mass is 9.52. The first-order valence-corrected chi connectivity index (χ1v) is 9.82. The molecule has 3 rings (SSSR count). The molecule has 0 aliphatic heterocycles. The van der Waals surface area contributed by atoms with Crippen LogP contribution >= 0.6 is 0 Å². The number of hydrogen-bond donors (Lipinski definition) is 1. The molecule has 0 heterocycles. The average molecular weight is 374 g/mol. The summed E-state index contributed by atoms with van der Waals surface area (Å²) in [5, 5.41) is 10.9. The van der Waals surface area contributed by atoms with E-state index in [-0.39, 0.29) is 35.2 Å². The second-order valence-corrected chi connectivity index (χ2v) is 9.34. The van der Waals surface area contributed by atoms with Crippen molar-refractivity contribution < 1.29 is 24.2 Å². The molecule has 0 radical (unpaired) electrons. The van der Waals surface area contributed by atoms with Crippen molar-refractivity contribution in [3.05, 3.63) is 23.8 Å². The van der Waals surface area contributed by atoms with Crippen molar-refractivity contribution in [3.63, 3.8) is 0 Å². The highest BCUT2D eigenvalue weighted by Gasteiger charge is 2.54. The standard InChI is InChI=1S/C22H30O5/c1-12-14-9-15(19(12)25)16(24)11-18-21(3,4)7-6-8-22(18,5)20(26)17(10-14)27-13(2)23/h9,14,16-18,24H,1,6-8,10-11H2,2-5H3/t14-,16+,17-,18+,22+/m0/s1. The number of aliphatic hydroxyl groups excluding tert-OH is 1.